The number of aliphatic imine (C=N–C) groups is 1. The van der Waals surface area contributed by atoms with Gasteiger partial charge in [0.2, 0.25) is 0 Å². The fourth-order valence-corrected chi connectivity index (χ4v) is 3.75. The maximum Gasteiger partial charge on any atom is 0.191 e. The van der Waals surface area contributed by atoms with Gasteiger partial charge in [-0.25, -0.2) is 0 Å². The number of nitrogens with one attached hydrogen (secondary N) is 2. The summed E-state index contributed by atoms with van der Waals surface area (Å²) in [7, 11) is 0. The van der Waals surface area contributed by atoms with E-state index in [9.17, 15) is 0 Å². The number of ether oxygens (including phenoxy) is 1. The molecule has 25 heavy (non-hydrogen) atoms. The predicted octanol–water partition coefficient (Wildman–Crippen LogP) is 1.38. The lowest BCUT2D eigenvalue weighted by molar-refractivity contribution is 0.0220. The summed E-state index contributed by atoms with van der Waals surface area (Å²) in [6.45, 7) is 17.9. The Balaban J connectivity index is 1.80. The van der Waals surface area contributed by atoms with Crippen molar-refractivity contribution in [3.8, 4) is 0 Å². The minimum Gasteiger partial charge on any atom is -0.379 e. The van der Waals surface area contributed by atoms with Crippen LogP contribution in [0.25, 0.3) is 0 Å². The van der Waals surface area contributed by atoms with E-state index in [0.29, 0.717) is 12.1 Å². The molecule has 0 aromatic heterocycles. The summed E-state index contributed by atoms with van der Waals surface area (Å²) in [5.41, 5.74) is 0. The molecule has 0 aliphatic carbocycles. The molecule has 2 fully saturated rings. The van der Waals surface area contributed by atoms with E-state index in [2.05, 4.69) is 48.1 Å². The van der Waals surface area contributed by atoms with E-state index in [0.717, 1.165) is 57.8 Å². The third-order valence-electron chi connectivity index (χ3n) is 5.13. The van der Waals surface area contributed by atoms with Gasteiger partial charge in [0.25, 0.3) is 0 Å². The first kappa shape index (κ1) is 20.5. The van der Waals surface area contributed by atoms with Crippen LogP contribution in [0.5, 0.6) is 0 Å². The molecule has 1 unspecified atom stereocenters. The lowest BCUT2D eigenvalue weighted by Crippen LogP contribution is -2.47. The highest BCUT2D eigenvalue weighted by Crippen LogP contribution is 2.17. The van der Waals surface area contributed by atoms with Crippen molar-refractivity contribution in [3.63, 3.8) is 0 Å². The summed E-state index contributed by atoms with van der Waals surface area (Å²) in [6, 6.07) is 1.10. The van der Waals surface area contributed by atoms with E-state index in [1.54, 1.807) is 0 Å². The molecule has 0 aromatic rings. The largest absolute Gasteiger partial charge is 0.379 e. The Bertz CT molecular complexity index is 395. The number of rotatable bonds is 8. The molecule has 0 spiro atoms. The van der Waals surface area contributed by atoms with Crippen LogP contribution in [-0.2, 0) is 4.74 Å². The Morgan fingerprint density at radius 1 is 1.16 bits per heavy atom. The summed E-state index contributed by atoms with van der Waals surface area (Å²) in [6.07, 6.45) is 2.62. The van der Waals surface area contributed by atoms with Crippen molar-refractivity contribution in [2.75, 3.05) is 59.0 Å². The van der Waals surface area contributed by atoms with Gasteiger partial charge in [0, 0.05) is 44.8 Å². The first-order valence-corrected chi connectivity index (χ1v) is 10.2. The van der Waals surface area contributed by atoms with Crippen molar-refractivity contribution >= 4 is 5.96 Å². The third kappa shape index (κ3) is 7.12. The van der Waals surface area contributed by atoms with E-state index in [1.165, 1.54) is 25.9 Å². The van der Waals surface area contributed by atoms with Crippen molar-refractivity contribution in [3.05, 3.63) is 0 Å². The molecule has 146 valence electrons. The van der Waals surface area contributed by atoms with Crippen molar-refractivity contribution in [2.45, 2.75) is 52.6 Å². The Morgan fingerprint density at radius 2 is 1.92 bits per heavy atom. The molecule has 0 saturated carbocycles. The second kappa shape index (κ2) is 11.0. The van der Waals surface area contributed by atoms with Crippen LogP contribution in [0, 0.1) is 5.92 Å². The van der Waals surface area contributed by atoms with Gasteiger partial charge in [0.15, 0.2) is 5.96 Å². The molecule has 2 saturated heterocycles. The minimum absolute atomic E-state index is 0.461. The zero-order valence-electron chi connectivity index (χ0n) is 16.8. The molecule has 0 amide bonds. The maximum absolute atomic E-state index is 5.44. The van der Waals surface area contributed by atoms with Crippen LogP contribution in [0.3, 0.4) is 0 Å². The summed E-state index contributed by atoms with van der Waals surface area (Å²) in [5.74, 6) is 1.69. The summed E-state index contributed by atoms with van der Waals surface area (Å²) in [5, 5.41) is 6.98. The molecule has 2 aliphatic rings. The van der Waals surface area contributed by atoms with Crippen molar-refractivity contribution in [1.82, 2.24) is 20.4 Å². The smallest absolute Gasteiger partial charge is 0.191 e. The van der Waals surface area contributed by atoms with E-state index < -0.39 is 0 Å². The lowest BCUT2D eigenvalue weighted by atomic mass is 10.1. The Morgan fingerprint density at radius 3 is 2.60 bits per heavy atom. The SMILES string of the molecule is CCNC(=NCC(C)N1CCOCC1)NC[C@H]1CCCN1CC(C)C. The van der Waals surface area contributed by atoms with Gasteiger partial charge in [-0.05, 0) is 39.2 Å². The number of hydrogen-bond acceptors (Lipinski definition) is 4. The van der Waals surface area contributed by atoms with Crippen LogP contribution in [0.2, 0.25) is 0 Å². The summed E-state index contributed by atoms with van der Waals surface area (Å²) >= 11 is 0. The molecule has 0 radical (unpaired) electrons. The first-order chi connectivity index (χ1) is 12.1. The topological polar surface area (TPSA) is 52.1 Å². The van der Waals surface area contributed by atoms with Crippen LogP contribution in [-0.4, -0.2) is 86.9 Å². The van der Waals surface area contributed by atoms with E-state index >= 15 is 0 Å². The fourth-order valence-electron chi connectivity index (χ4n) is 3.75. The van der Waals surface area contributed by atoms with E-state index in [4.69, 9.17) is 9.73 Å². The van der Waals surface area contributed by atoms with Crippen LogP contribution < -0.4 is 10.6 Å². The van der Waals surface area contributed by atoms with Crippen LogP contribution in [0.1, 0.15) is 40.5 Å². The Labute approximate surface area is 154 Å². The molecule has 2 rings (SSSR count). The van der Waals surface area contributed by atoms with Gasteiger partial charge in [-0.2, -0.15) is 0 Å². The van der Waals surface area contributed by atoms with Crippen LogP contribution in [0.15, 0.2) is 4.99 Å². The highest BCUT2D eigenvalue weighted by atomic mass is 16.5. The predicted molar refractivity (Wildman–Crippen MR) is 105 cm³/mol. The van der Waals surface area contributed by atoms with Crippen LogP contribution >= 0.6 is 0 Å². The summed E-state index contributed by atoms with van der Waals surface area (Å²) < 4.78 is 5.44. The lowest BCUT2D eigenvalue weighted by Gasteiger charge is -2.31. The van der Waals surface area contributed by atoms with Gasteiger partial charge >= 0.3 is 0 Å². The number of nitrogens with zero attached hydrogens (tertiary/aromatic N) is 3. The average Bonchev–Trinajstić information content (AvgIpc) is 3.04. The monoisotopic (exact) mass is 353 g/mol. The summed E-state index contributed by atoms with van der Waals surface area (Å²) in [4.78, 5) is 9.94. The van der Waals surface area contributed by atoms with Gasteiger partial charge in [0.1, 0.15) is 0 Å². The molecule has 2 heterocycles. The molecule has 2 N–H and O–H groups in total. The Kier molecular flexibility index (Phi) is 8.99. The standard InChI is InChI=1S/C19H39N5O/c1-5-20-19(21-13-17(4)23-9-11-25-12-10-23)22-14-18-7-6-8-24(18)15-16(2)3/h16-18H,5-15H2,1-4H3,(H2,20,21,22)/t17?,18-/m1/s1. The minimum atomic E-state index is 0.461. The van der Waals surface area contributed by atoms with Gasteiger partial charge in [-0.1, -0.05) is 13.8 Å². The highest BCUT2D eigenvalue weighted by Gasteiger charge is 2.25. The molecular formula is C19H39N5O. The molecule has 0 aromatic carbocycles. The number of likely N-dealkylation sites (tertiary alicyclic amines) is 1. The van der Waals surface area contributed by atoms with Crippen LogP contribution in [0.4, 0.5) is 0 Å². The molecule has 2 atom stereocenters. The quantitative estimate of drug-likeness (QED) is 0.510. The molecular weight excluding hydrogens is 314 g/mol. The molecule has 6 nitrogen and oxygen atoms in total. The second-order valence-electron chi connectivity index (χ2n) is 7.78. The van der Waals surface area contributed by atoms with Gasteiger partial charge in [-0.3, -0.25) is 14.8 Å². The van der Waals surface area contributed by atoms with E-state index in [1.807, 2.05) is 0 Å². The fraction of sp³-hybridized carbons (Fsp3) is 0.947. The van der Waals surface area contributed by atoms with Gasteiger partial charge < -0.3 is 15.4 Å². The zero-order valence-corrected chi connectivity index (χ0v) is 16.8. The number of morpholine rings is 1. The number of guanidine groups is 1. The zero-order chi connectivity index (χ0) is 18.1. The third-order valence-corrected chi connectivity index (χ3v) is 5.13. The van der Waals surface area contributed by atoms with Crippen molar-refractivity contribution in [1.29, 1.82) is 0 Å². The molecule has 2 aliphatic heterocycles. The number of hydrogen-bond donors (Lipinski definition) is 2. The molecule has 6 heteroatoms. The second-order valence-corrected chi connectivity index (χ2v) is 7.78. The molecule has 0 bridgehead atoms. The van der Waals surface area contributed by atoms with Crippen molar-refractivity contribution < 1.29 is 4.74 Å². The van der Waals surface area contributed by atoms with E-state index in [-0.39, 0.29) is 0 Å². The first-order valence-electron chi connectivity index (χ1n) is 10.2. The Hall–Kier alpha value is -0.850. The normalized spacial score (nSPS) is 24.7. The highest BCUT2D eigenvalue weighted by molar-refractivity contribution is 5.79. The van der Waals surface area contributed by atoms with Gasteiger partial charge in [-0.15, -0.1) is 0 Å². The maximum atomic E-state index is 5.44. The average molecular weight is 354 g/mol. The van der Waals surface area contributed by atoms with Gasteiger partial charge in [0.05, 0.1) is 19.8 Å². The van der Waals surface area contributed by atoms with Crippen molar-refractivity contribution in [2.24, 2.45) is 10.9 Å².